The zero-order valence-electron chi connectivity index (χ0n) is 11.7. The molecule has 1 N–H and O–H groups in total. The molecular formula is C15H21F3N2. The van der Waals surface area contributed by atoms with Gasteiger partial charge in [0.1, 0.15) is 0 Å². The monoisotopic (exact) mass is 286 g/mol. The maximum absolute atomic E-state index is 12.9. The van der Waals surface area contributed by atoms with E-state index in [2.05, 4.69) is 12.2 Å². The van der Waals surface area contributed by atoms with Crippen molar-refractivity contribution in [2.45, 2.75) is 25.9 Å². The molecule has 0 aliphatic carbocycles. The van der Waals surface area contributed by atoms with E-state index in [9.17, 15) is 13.2 Å². The van der Waals surface area contributed by atoms with Crippen LogP contribution in [0.3, 0.4) is 0 Å². The summed E-state index contributed by atoms with van der Waals surface area (Å²) in [5.41, 5.74) is 2.11. The van der Waals surface area contributed by atoms with Crippen LogP contribution < -0.4 is 10.2 Å². The number of halogens is 3. The quantitative estimate of drug-likeness (QED) is 0.917. The van der Waals surface area contributed by atoms with Crippen LogP contribution in [0.1, 0.15) is 18.9 Å². The number of rotatable bonds is 3. The Morgan fingerprint density at radius 1 is 1.25 bits per heavy atom. The lowest BCUT2D eigenvalue weighted by Crippen LogP contribution is -2.38. The van der Waals surface area contributed by atoms with Crippen LogP contribution in [0.4, 0.5) is 18.9 Å². The Morgan fingerprint density at radius 3 is 2.55 bits per heavy atom. The summed E-state index contributed by atoms with van der Waals surface area (Å²) in [5.74, 6) is -1.31. The second-order valence-corrected chi connectivity index (χ2v) is 5.31. The Labute approximate surface area is 118 Å². The van der Waals surface area contributed by atoms with Gasteiger partial charge in [-0.3, -0.25) is 0 Å². The minimum Gasteiger partial charge on any atom is -0.370 e. The highest BCUT2D eigenvalue weighted by Gasteiger charge is 2.41. The van der Waals surface area contributed by atoms with Crippen LogP contribution in [0.5, 0.6) is 0 Å². The first-order chi connectivity index (χ1) is 9.50. The average Bonchev–Trinajstić information content (AvgIpc) is 2.65. The summed E-state index contributed by atoms with van der Waals surface area (Å²) >= 11 is 0. The standard InChI is InChI=1S/C15H21F3N2/c1-2-3-12-4-6-14(7-5-12)20-9-8-19-10-13(11-20)15(16,17)18/h4-7,13,19H,2-3,8-11H2,1H3. The lowest BCUT2D eigenvalue weighted by molar-refractivity contribution is -0.169. The number of aryl methyl sites for hydroxylation is 1. The van der Waals surface area contributed by atoms with Gasteiger partial charge >= 0.3 is 6.18 Å². The Kier molecular flexibility index (Phi) is 4.91. The van der Waals surface area contributed by atoms with E-state index < -0.39 is 12.1 Å². The van der Waals surface area contributed by atoms with Crippen molar-refractivity contribution in [3.63, 3.8) is 0 Å². The highest BCUT2D eigenvalue weighted by atomic mass is 19.4. The second kappa shape index (κ2) is 6.48. The van der Waals surface area contributed by atoms with E-state index in [1.54, 1.807) is 0 Å². The maximum atomic E-state index is 12.9. The summed E-state index contributed by atoms with van der Waals surface area (Å²) in [5, 5.41) is 2.87. The zero-order chi connectivity index (χ0) is 14.6. The molecule has 2 rings (SSSR count). The van der Waals surface area contributed by atoms with E-state index in [4.69, 9.17) is 0 Å². The topological polar surface area (TPSA) is 15.3 Å². The molecule has 1 aliphatic rings. The van der Waals surface area contributed by atoms with Gasteiger partial charge in [0.15, 0.2) is 0 Å². The van der Waals surface area contributed by atoms with Gasteiger partial charge in [-0.2, -0.15) is 13.2 Å². The van der Waals surface area contributed by atoms with E-state index in [0.29, 0.717) is 13.1 Å². The van der Waals surface area contributed by atoms with E-state index in [-0.39, 0.29) is 13.1 Å². The first kappa shape index (κ1) is 15.2. The minimum absolute atomic E-state index is 0.00786. The van der Waals surface area contributed by atoms with Gasteiger partial charge in [0, 0.05) is 31.9 Å². The van der Waals surface area contributed by atoms with Gasteiger partial charge < -0.3 is 10.2 Å². The molecule has 20 heavy (non-hydrogen) atoms. The molecule has 1 heterocycles. The summed E-state index contributed by atoms with van der Waals surface area (Å²) < 4.78 is 38.7. The van der Waals surface area contributed by atoms with Crippen molar-refractivity contribution in [1.29, 1.82) is 0 Å². The number of benzene rings is 1. The number of alkyl halides is 3. The molecule has 0 radical (unpaired) electrons. The van der Waals surface area contributed by atoms with Gasteiger partial charge in [-0.05, 0) is 24.1 Å². The normalized spacial score (nSPS) is 20.8. The van der Waals surface area contributed by atoms with Crippen molar-refractivity contribution >= 4 is 5.69 Å². The summed E-state index contributed by atoms with van der Waals surface area (Å²) in [6, 6.07) is 7.90. The van der Waals surface area contributed by atoms with Crippen LogP contribution in [0.15, 0.2) is 24.3 Å². The van der Waals surface area contributed by atoms with Crippen LogP contribution >= 0.6 is 0 Å². The van der Waals surface area contributed by atoms with Gasteiger partial charge in [0.2, 0.25) is 0 Å². The molecule has 112 valence electrons. The van der Waals surface area contributed by atoms with E-state index in [0.717, 1.165) is 18.5 Å². The third-order valence-corrected chi connectivity index (χ3v) is 3.69. The fourth-order valence-electron chi connectivity index (χ4n) is 2.53. The van der Waals surface area contributed by atoms with Crippen LogP contribution in [-0.4, -0.2) is 32.4 Å². The Bertz CT molecular complexity index is 414. The molecule has 1 atom stereocenters. The first-order valence-corrected chi connectivity index (χ1v) is 7.12. The molecule has 1 aliphatic heterocycles. The molecule has 1 aromatic rings. The smallest absolute Gasteiger partial charge is 0.370 e. The fraction of sp³-hybridized carbons (Fsp3) is 0.600. The van der Waals surface area contributed by atoms with Crippen molar-refractivity contribution in [3.05, 3.63) is 29.8 Å². The first-order valence-electron chi connectivity index (χ1n) is 7.12. The average molecular weight is 286 g/mol. The van der Waals surface area contributed by atoms with E-state index >= 15 is 0 Å². The molecule has 0 bridgehead atoms. The summed E-state index contributed by atoms with van der Waals surface area (Å²) in [7, 11) is 0. The summed E-state index contributed by atoms with van der Waals surface area (Å²) in [6.45, 7) is 3.35. The highest BCUT2D eigenvalue weighted by Crippen LogP contribution is 2.29. The Morgan fingerprint density at radius 2 is 1.95 bits per heavy atom. The van der Waals surface area contributed by atoms with Gasteiger partial charge in [-0.25, -0.2) is 0 Å². The van der Waals surface area contributed by atoms with Crippen molar-refractivity contribution in [3.8, 4) is 0 Å². The van der Waals surface area contributed by atoms with Crippen LogP contribution in [0, 0.1) is 5.92 Å². The number of nitrogens with one attached hydrogen (secondary N) is 1. The largest absolute Gasteiger partial charge is 0.394 e. The zero-order valence-corrected chi connectivity index (χ0v) is 11.7. The lowest BCUT2D eigenvalue weighted by Gasteiger charge is -2.27. The number of hydrogen-bond acceptors (Lipinski definition) is 2. The molecule has 0 saturated carbocycles. The minimum atomic E-state index is -4.14. The molecule has 2 nitrogen and oxygen atoms in total. The number of anilines is 1. The number of hydrogen-bond donors (Lipinski definition) is 1. The predicted octanol–water partition coefficient (Wildman–Crippen LogP) is 3.23. The van der Waals surface area contributed by atoms with Gasteiger partial charge in [-0.1, -0.05) is 25.5 Å². The number of nitrogens with zero attached hydrogens (tertiary/aromatic N) is 1. The summed E-state index contributed by atoms with van der Waals surface area (Å²) in [6.07, 6.45) is -2.06. The molecule has 0 spiro atoms. The van der Waals surface area contributed by atoms with Gasteiger partial charge in [0.05, 0.1) is 5.92 Å². The Hall–Kier alpha value is -1.23. The van der Waals surface area contributed by atoms with Crippen LogP contribution in [0.25, 0.3) is 0 Å². The van der Waals surface area contributed by atoms with Gasteiger partial charge in [-0.15, -0.1) is 0 Å². The molecule has 0 amide bonds. The SMILES string of the molecule is CCCc1ccc(N2CCNCC(C(F)(F)F)C2)cc1. The predicted molar refractivity (Wildman–Crippen MR) is 75.1 cm³/mol. The van der Waals surface area contributed by atoms with E-state index in [1.807, 2.05) is 29.2 Å². The molecule has 1 fully saturated rings. The third kappa shape index (κ3) is 3.88. The molecule has 0 aromatic heterocycles. The lowest BCUT2D eigenvalue weighted by atomic mass is 10.1. The molecular weight excluding hydrogens is 265 g/mol. The molecule has 1 unspecified atom stereocenters. The highest BCUT2D eigenvalue weighted by molar-refractivity contribution is 5.48. The fourth-order valence-corrected chi connectivity index (χ4v) is 2.53. The maximum Gasteiger partial charge on any atom is 0.394 e. The molecule has 1 aromatic carbocycles. The summed E-state index contributed by atoms with van der Waals surface area (Å²) in [4.78, 5) is 1.83. The molecule has 5 heteroatoms. The van der Waals surface area contributed by atoms with E-state index in [1.165, 1.54) is 5.56 Å². The third-order valence-electron chi connectivity index (χ3n) is 3.69. The van der Waals surface area contributed by atoms with Crippen LogP contribution in [-0.2, 0) is 6.42 Å². The van der Waals surface area contributed by atoms with Crippen molar-refractivity contribution in [2.75, 3.05) is 31.1 Å². The van der Waals surface area contributed by atoms with Crippen molar-refractivity contribution in [1.82, 2.24) is 5.32 Å². The Balaban J connectivity index is 2.09. The van der Waals surface area contributed by atoms with Gasteiger partial charge in [0.25, 0.3) is 0 Å². The van der Waals surface area contributed by atoms with Crippen molar-refractivity contribution < 1.29 is 13.2 Å². The molecule has 1 saturated heterocycles. The van der Waals surface area contributed by atoms with Crippen molar-refractivity contribution in [2.24, 2.45) is 5.92 Å². The second-order valence-electron chi connectivity index (χ2n) is 5.31. The van der Waals surface area contributed by atoms with Crippen LogP contribution in [0.2, 0.25) is 0 Å².